The lowest BCUT2D eigenvalue weighted by molar-refractivity contribution is -0.136. The molecule has 0 aromatic heterocycles. The van der Waals surface area contributed by atoms with E-state index in [2.05, 4.69) is 24.3 Å². The zero-order valence-corrected chi connectivity index (χ0v) is 23.0. The maximum atomic E-state index is 12.9. The van der Waals surface area contributed by atoms with E-state index in [4.69, 9.17) is 14.7 Å². The fraction of sp³-hybridized carbons (Fsp3) is 0.633. The zero-order chi connectivity index (χ0) is 26.8. The van der Waals surface area contributed by atoms with Crippen molar-refractivity contribution in [1.29, 1.82) is 5.26 Å². The minimum atomic E-state index is -0.483. The number of amides is 2. The zero-order valence-electron chi connectivity index (χ0n) is 23.0. The molecule has 1 fully saturated rings. The summed E-state index contributed by atoms with van der Waals surface area (Å²) in [6, 6.07) is 10.5. The third kappa shape index (κ3) is 8.80. The summed E-state index contributed by atoms with van der Waals surface area (Å²) in [5.74, 6) is 1.26. The molecular weight excluding hydrogens is 466 g/mol. The highest BCUT2D eigenvalue weighted by molar-refractivity contribution is 5.81. The Labute approximate surface area is 222 Å². The van der Waals surface area contributed by atoms with Gasteiger partial charge in [-0.05, 0) is 95.9 Å². The summed E-state index contributed by atoms with van der Waals surface area (Å²) in [6.07, 6.45) is 7.82. The molecule has 1 atom stereocenters. The number of rotatable bonds is 9. The molecule has 1 aliphatic carbocycles. The average Bonchev–Trinajstić information content (AvgIpc) is 2.90. The SMILES string of the molecule is CCN(CCCCOc1ccc(C2=CCC(C(=O)N3CCC(C#N)CC3)CC2)cc1)C(=O)OC(C)(C)C. The van der Waals surface area contributed by atoms with Gasteiger partial charge in [-0.15, -0.1) is 0 Å². The third-order valence-corrected chi connectivity index (χ3v) is 7.10. The molecule has 0 radical (unpaired) electrons. The van der Waals surface area contributed by atoms with Crippen molar-refractivity contribution >= 4 is 17.6 Å². The van der Waals surface area contributed by atoms with E-state index < -0.39 is 5.60 Å². The van der Waals surface area contributed by atoms with Crippen LogP contribution in [0.15, 0.2) is 30.3 Å². The molecule has 2 aliphatic rings. The Kier molecular flexibility index (Phi) is 10.4. The summed E-state index contributed by atoms with van der Waals surface area (Å²) in [5, 5.41) is 9.07. The molecule has 1 aliphatic heterocycles. The number of hydrogen-bond donors (Lipinski definition) is 0. The average molecular weight is 510 g/mol. The molecule has 1 aromatic rings. The Balaban J connectivity index is 1.38. The van der Waals surface area contributed by atoms with Crippen LogP contribution in [0.3, 0.4) is 0 Å². The van der Waals surface area contributed by atoms with Crippen LogP contribution in [-0.4, -0.2) is 60.2 Å². The van der Waals surface area contributed by atoms with Gasteiger partial charge in [0.05, 0.1) is 12.7 Å². The molecule has 0 N–H and O–H groups in total. The van der Waals surface area contributed by atoms with Crippen molar-refractivity contribution in [2.75, 3.05) is 32.8 Å². The van der Waals surface area contributed by atoms with Crippen molar-refractivity contribution < 1.29 is 19.1 Å². The first-order chi connectivity index (χ1) is 17.7. The Morgan fingerprint density at radius 2 is 1.81 bits per heavy atom. The van der Waals surface area contributed by atoms with Crippen LogP contribution in [0.2, 0.25) is 0 Å². The standard InChI is InChI=1S/C30H43N3O4/c1-5-32(29(35)37-30(2,3)4)18-6-7-21-36-27-14-12-25(13-15-27)24-8-10-26(11-9-24)28(34)33-19-16-23(22-31)17-20-33/h8,12-15,23,26H,5-7,9-11,16-21H2,1-4H3. The third-order valence-electron chi connectivity index (χ3n) is 7.10. The summed E-state index contributed by atoms with van der Waals surface area (Å²) in [4.78, 5) is 28.8. The molecule has 0 spiro atoms. The molecule has 37 heavy (non-hydrogen) atoms. The van der Waals surface area contributed by atoms with E-state index in [0.717, 1.165) is 50.7 Å². The number of benzene rings is 1. The number of carbonyl (C=O) groups is 2. The molecule has 7 heteroatoms. The van der Waals surface area contributed by atoms with Crippen LogP contribution in [0.5, 0.6) is 5.75 Å². The number of piperidine rings is 1. The van der Waals surface area contributed by atoms with Crippen LogP contribution in [-0.2, 0) is 9.53 Å². The number of nitrogens with zero attached hydrogens (tertiary/aromatic N) is 3. The van der Waals surface area contributed by atoms with Crippen LogP contribution in [0.4, 0.5) is 4.79 Å². The molecule has 1 unspecified atom stereocenters. The summed E-state index contributed by atoms with van der Waals surface area (Å²) < 4.78 is 11.4. The van der Waals surface area contributed by atoms with Gasteiger partial charge in [0.1, 0.15) is 11.4 Å². The van der Waals surface area contributed by atoms with E-state index in [0.29, 0.717) is 32.8 Å². The predicted molar refractivity (Wildman–Crippen MR) is 145 cm³/mol. The molecule has 202 valence electrons. The van der Waals surface area contributed by atoms with Gasteiger partial charge >= 0.3 is 6.09 Å². The van der Waals surface area contributed by atoms with Gasteiger partial charge in [0.2, 0.25) is 5.91 Å². The summed E-state index contributed by atoms with van der Waals surface area (Å²) in [7, 11) is 0. The fourth-order valence-corrected chi connectivity index (χ4v) is 4.87. The quantitative estimate of drug-likeness (QED) is 0.379. The second kappa shape index (κ2) is 13.5. The second-order valence-electron chi connectivity index (χ2n) is 11.1. The van der Waals surface area contributed by atoms with Crippen LogP contribution in [0.25, 0.3) is 5.57 Å². The van der Waals surface area contributed by atoms with Gasteiger partial charge in [-0.25, -0.2) is 4.79 Å². The minimum absolute atomic E-state index is 0.0592. The number of likely N-dealkylation sites (tertiary alicyclic amines) is 1. The van der Waals surface area contributed by atoms with Gasteiger partial charge in [0.25, 0.3) is 0 Å². The highest BCUT2D eigenvalue weighted by Gasteiger charge is 2.29. The normalized spacial score (nSPS) is 18.5. The van der Waals surface area contributed by atoms with E-state index >= 15 is 0 Å². The Morgan fingerprint density at radius 3 is 2.38 bits per heavy atom. The largest absolute Gasteiger partial charge is 0.494 e. The molecule has 3 rings (SSSR count). The number of allylic oxidation sites excluding steroid dienone is 2. The fourth-order valence-electron chi connectivity index (χ4n) is 4.87. The van der Waals surface area contributed by atoms with E-state index in [9.17, 15) is 9.59 Å². The smallest absolute Gasteiger partial charge is 0.410 e. The Hall–Kier alpha value is -3.01. The van der Waals surface area contributed by atoms with Crippen LogP contribution < -0.4 is 4.74 Å². The van der Waals surface area contributed by atoms with Gasteiger partial charge in [0.15, 0.2) is 0 Å². The van der Waals surface area contributed by atoms with Gasteiger partial charge < -0.3 is 19.3 Å². The van der Waals surface area contributed by atoms with Gasteiger partial charge in [-0.3, -0.25) is 4.79 Å². The monoisotopic (exact) mass is 509 g/mol. The van der Waals surface area contributed by atoms with E-state index in [1.54, 1.807) is 4.90 Å². The lowest BCUT2D eigenvalue weighted by Gasteiger charge is -2.33. The molecule has 1 saturated heterocycles. The van der Waals surface area contributed by atoms with E-state index in [1.165, 1.54) is 11.1 Å². The van der Waals surface area contributed by atoms with Gasteiger partial charge in [0, 0.05) is 38.0 Å². The number of nitriles is 1. The molecular formula is C30H43N3O4. The molecule has 1 heterocycles. The maximum absolute atomic E-state index is 12.9. The molecule has 0 bridgehead atoms. The number of carbonyl (C=O) groups excluding carboxylic acids is 2. The number of unbranched alkanes of at least 4 members (excludes halogenated alkanes) is 1. The van der Waals surface area contributed by atoms with Crippen molar-refractivity contribution in [2.24, 2.45) is 11.8 Å². The van der Waals surface area contributed by atoms with Crippen molar-refractivity contribution in [3.63, 3.8) is 0 Å². The summed E-state index contributed by atoms with van der Waals surface area (Å²) in [6.45, 7) is 10.9. The highest BCUT2D eigenvalue weighted by Crippen LogP contribution is 2.32. The first-order valence-corrected chi connectivity index (χ1v) is 13.8. The maximum Gasteiger partial charge on any atom is 0.410 e. The van der Waals surface area contributed by atoms with Crippen LogP contribution in [0.1, 0.15) is 78.2 Å². The predicted octanol–water partition coefficient (Wildman–Crippen LogP) is 6.05. The molecule has 0 saturated carbocycles. The topological polar surface area (TPSA) is 82.9 Å². The molecule has 1 aromatic carbocycles. The van der Waals surface area contributed by atoms with Crippen molar-refractivity contribution in [3.05, 3.63) is 35.9 Å². The summed E-state index contributed by atoms with van der Waals surface area (Å²) in [5.41, 5.74) is 1.99. The highest BCUT2D eigenvalue weighted by atomic mass is 16.6. The van der Waals surface area contributed by atoms with Crippen LogP contribution in [0, 0.1) is 23.2 Å². The molecule has 7 nitrogen and oxygen atoms in total. The van der Waals surface area contributed by atoms with Crippen molar-refractivity contribution in [3.8, 4) is 11.8 Å². The first kappa shape index (κ1) is 28.6. The first-order valence-electron chi connectivity index (χ1n) is 13.8. The second-order valence-corrected chi connectivity index (χ2v) is 11.1. The van der Waals surface area contributed by atoms with Crippen molar-refractivity contribution in [2.45, 2.75) is 78.2 Å². The number of ether oxygens (including phenoxy) is 2. The van der Waals surface area contributed by atoms with E-state index in [1.807, 2.05) is 44.7 Å². The van der Waals surface area contributed by atoms with E-state index in [-0.39, 0.29) is 23.8 Å². The minimum Gasteiger partial charge on any atom is -0.494 e. The van der Waals surface area contributed by atoms with Gasteiger partial charge in [-0.1, -0.05) is 18.2 Å². The van der Waals surface area contributed by atoms with Crippen LogP contribution >= 0.6 is 0 Å². The lowest BCUT2D eigenvalue weighted by Crippen LogP contribution is -2.41. The lowest BCUT2D eigenvalue weighted by atomic mass is 9.85. The van der Waals surface area contributed by atoms with Gasteiger partial charge in [-0.2, -0.15) is 5.26 Å². The summed E-state index contributed by atoms with van der Waals surface area (Å²) >= 11 is 0. The Bertz CT molecular complexity index is 966. The Morgan fingerprint density at radius 1 is 1.11 bits per heavy atom. The van der Waals surface area contributed by atoms with Crippen molar-refractivity contribution in [1.82, 2.24) is 9.80 Å². The number of hydrogen-bond acceptors (Lipinski definition) is 5. The molecule has 2 amide bonds.